The molecule has 1 aromatic rings. The monoisotopic (exact) mass is 438 g/mol. The van der Waals surface area contributed by atoms with Gasteiger partial charge in [0.25, 0.3) is 5.91 Å². The van der Waals surface area contributed by atoms with E-state index in [1.54, 1.807) is 18.2 Å². The summed E-state index contributed by atoms with van der Waals surface area (Å²) in [7, 11) is 0. The lowest BCUT2D eigenvalue weighted by Gasteiger charge is -2.45. The molecule has 0 atom stereocenters. The average Bonchev–Trinajstić information content (AvgIpc) is 2.75. The van der Waals surface area contributed by atoms with Gasteiger partial charge in [0, 0.05) is 19.6 Å². The van der Waals surface area contributed by atoms with Crippen molar-refractivity contribution in [2.45, 2.75) is 44.9 Å². The quantitative estimate of drug-likeness (QED) is 0.436. The summed E-state index contributed by atoms with van der Waals surface area (Å²) in [4.78, 5) is 12.8. The van der Waals surface area contributed by atoms with Gasteiger partial charge in [-0.25, -0.2) is 0 Å². The fraction of sp³-hybridized carbons (Fsp3) is 0.696. The molecule has 30 heavy (non-hydrogen) atoms. The molecular weight excluding hydrogens is 404 g/mol. The largest absolute Gasteiger partial charge is 0.491 e. The summed E-state index contributed by atoms with van der Waals surface area (Å²) in [6, 6.07) is 5.19. The summed E-state index contributed by atoms with van der Waals surface area (Å²) in [6.45, 7) is 3.52. The predicted molar refractivity (Wildman–Crippen MR) is 118 cm³/mol. The SMILES string of the molecule is O=C(NCC12CCCC(CCC1)C2)c1cc(OCCOCCNCCO)ccc1Cl. The van der Waals surface area contributed by atoms with Gasteiger partial charge in [-0.15, -0.1) is 0 Å². The van der Waals surface area contributed by atoms with Gasteiger partial charge in [-0.2, -0.15) is 0 Å². The summed E-state index contributed by atoms with van der Waals surface area (Å²) in [6.07, 6.45) is 8.95. The molecule has 0 aromatic heterocycles. The van der Waals surface area contributed by atoms with Crippen molar-refractivity contribution >= 4 is 17.5 Å². The van der Waals surface area contributed by atoms with E-state index in [4.69, 9.17) is 26.2 Å². The lowest BCUT2D eigenvalue weighted by molar-refractivity contribution is 0.0681. The van der Waals surface area contributed by atoms with E-state index in [1.807, 2.05) is 0 Å². The topological polar surface area (TPSA) is 79.8 Å². The van der Waals surface area contributed by atoms with Gasteiger partial charge in [0.05, 0.1) is 30.4 Å². The Bertz CT molecular complexity index is 675. The predicted octanol–water partition coefficient (Wildman–Crippen LogP) is 3.41. The minimum absolute atomic E-state index is 0.122. The van der Waals surface area contributed by atoms with Gasteiger partial charge in [0.2, 0.25) is 0 Å². The Hall–Kier alpha value is -1.34. The van der Waals surface area contributed by atoms with Gasteiger partial charge >= 0.3 is 0 Å². The number of nitrogens with one attached hydrogen (secondary N) is 2. The fourth-order valence-electron chi connectivity index (χ4n) is 4.87. The average molecular weight is 439 g/mol. The van der Waals surface area contributed by atoms with Crippen LogP contribution in [0.15, 0.2) is 18.2 Å². The molecular formula is C23H35ClN2O4. The second-order valence-corrected chi connectivity index (χ2v) is 9.02. The van der Waals surface area contributed by atoms with E-state index in [9.17, 15) is 4.79 Å². The van der Waals surface area contributed by atoms with Crippen LogP contribution in [0.3, 0.4) is 0 Å². The van der Waals surface area contributed by atoms with E-state index in [2.05, 4.69) is 10.6 Å². The Labute approximate surface area is 184 Å². The molecule has 2 fully saturated rings. The minimum atomic E-state index is -0.126. The van der Waals surface area contributed by atoms with Crippen molar-refractivity contribution in [2.24, 2.45) is 11.3 Å². The maximum absolute atomic E-state index is 12.8. The van der Waals surface area contributed by atoms with Crippen molar-refractivity contribution in [3.8, 4) is 5.75 Å². The number of amides is 1. The number of benzene rings is 1. The van der Waals surface area contributed by atoms with Crippen LogP contribution < -0.4 is 15.4 Å². The first kappa shape index (κ1) is 23.3. The Morgan fingerprint density at radius 1 is 1.17 bits per heavy atom. The Kier molecular flexibility index (Phi) is 9.25. The summed E-state index contributed by atoms with van der Waals surface area (Å²) >= 11 is 6.29. The summed E-state index contributed by atoms with van der Waals surface area (Å²) in [5.74, 6) is 1.33. The number of aliphatic hydroxyl groups excluding tert-OH is 1. The zero-order valence-corrected chi connectivity index (χ0v) is 18.5. The summed E-state index contributed by atoms with van der Waals surface area (Å²) in [5.41, 5.74) is 0.740. The smallest absolute Gasteiger partial charge is 0.252 e. The van der Waals surface area contributed by atoms with Crippen LogP contribution in [0.2, 0.25) is 5.02 Å². The van der Waals surface area contributed by atoms with Crippen LogP contribution in [0.4, 0.5) is 0 Å². The number of aliphatic hydroxyl groups is 1. The molecule has 0 unspecified atom stereocenters. The van der Waals surface area contributed by atoms with Crippen LogP contribution in [0.1, 0.15) is 55.3 Å². The maximum atomic E-state index is 12.8. The third-order valence-electron chi connectivity index (χ3n) is 6.38. The highest BCUT2D eigenvalue weighted by Gasteiger charge is 2.39. The van der Waals surface area contributed by atoms with Gasteiger partial charge in [0.1, 0.15) is 12.4 Å². The molecule has 2 bridgehead atoms. The van der Waals surface area contributed by atoms with Crippen LogP contribution in [0.5, 0.6) is 5.75 Å². The molecule has 6 nitrogen and oxygen atoms in total. The first-order valence-corrected chi connectivity index (χ1v) is 11.6. The van der Waals surface area contributed by atoms with E-state index >= 15 is 0 Å². The number of carbonyl (C=O) groups excluding carboxylic acids is 1. The van der Waals surface area contributed by atoms with Gasteiger partial charge < -0.3 is 25.2 Å². The number of carbonyl (C=O) groups is 1. The molecule has 1 aromatic carbocycles. The number of hydrogen-bond acceptors (Lipinski definition) is 5. The van der Waals surface area contributed by atoms with Crippen LogP contribution in [-0.4, -0.2) is 57.1 Å². The Morgan fingerprint density at radius 3 is 2.73 bits per heavy atom. The molecule has 168 valence electrons. The van der Waals surface area contributed by atoms with Crippen molar-refractivity contribution in [3.63, 3.8) is 0 Å². The molecule has 2 saturated carbocycles. The van der Waals surface area contributed by atoms with Crippen molar-refractivity contribution in [1.82, 2.24) is 10.6 Å². The summed E-state index contributed by atoms with van der Waals surface area (Å²) < 4.78 is 11.2. The lowest BCUT2D eigenvalue weighted by atomic mass is 9.62. The van der Waals surface area contributed by atoms with E-state index < -0.39 is 0 Å². The van der Waals surface area contributed by atoms with Crippen LogP contribution >= 0.6 is 11.6 Å². The highest BCUT2D eigenvalue weighted by molar-refractivity contribution is 6.33. The van der Waals surface area contributed by atoms with Gasteiger partial charge in [0.15, 0.2) is 0 Å². The first-order valence-electron chi connectivity index (χ1n) is 11.2. The van der Waals surface area contributed by atoms with Crippen molar-refractivity contribution < 1.29 is 19.4 Å². The van der Waals surface area contributed by atoms with Gasteiger partial charge in [-0.3, -0.25) is 4.79 Å². The lowest BCUT2D eigenvalue weighted by Crippen LogP contribution is -2.43. The normalized spacial score (nSPS) is 23.2. The van der Waals surface area contributed by atoms with Gasteiger partial charge in [-0.1, -0.05) is 37.3 Å². The molecule has 0 heterocycles. The van der Waals surface area contributed by atoms with E-state index in [-0.39, 0.29) is 17.9 Å². The molecule has 7 heteroatoms. The standard InChI is InChI=1S/C23H35ClN2O4/c24-21-6-5-19(30-14-13-29-12-10-25-9-11-27)15-20(21)22(28)26-17-23-7-1-3-18(16-23)4-2-8-23/h5-6,15,18,25,27H,1-4,7-14,16-17H2,(H,26,28). The molecule has 0 spiro atoms. The van der Waals surface area contributed by atoms with Crippen molar-refractivity contribution in [1.29, 1.82) is 0 Å². The van der Waals surface area contributed by atoms with E-state index in [1.165, 1.54) is 44.9 Å². The molecule has 1 amide bonds. The third-order valence-corrected chi connectivity index (χ3v) is 6.70. The molecule has 0 aliphatic heterocycles. The second kappa shape index (κ2) is 11.9. The van der Waals surface area contributed by atoms with Crippen molar-refractivity contribution in [2.75, 3.05) is 46.1 Å². The number of halogens is 1. The van der Waals surface area contributed by atoms with Crippen molar-refractivity contribution in [3.05, 3.63) is 28.8 Å². The maximum Gasteiger partial charge on any atom is 0.252 e. The van der Waals surface area contributed by atoms with Gasteiger partial charge in [-0.05, 0) is 48.8 Å². The number of fused-ring (bicyclic) bond motifs is 2. The minimum Gasteiger partial charge on any atom is -0.491 e. The fourth-order valence-corrected chi connectivity index (χ4v) is 5.07. The van der Waals surface area contributed by atoms with E-state index in [0.29, 0.717) is 49.2 Å². The zero-order valence-electron chi connectivity index (χ0n) is 17.8. The van der Waals surface area contributed by atoms with Crippen LogP contribution in [-0.2, 0) is 4.74 Å². The second-order valence-electron chi connectivity index (χ2n) is 8.61. The Balaban J connectivity index is 1.44. The number of hydrogen-bond donors (Lipinski definition) is 3. The molecule has 3 N–H and O–H groups in total. The van der Waals surface area contributed by atoms with Crippen LogP contribution in [0.25, 0.3) is 0 Å². The highest BCUT2D eigenvalue weighted by Crippen LogP contribution is 2.48. The van der Waals surface area contributed by atoms with E-state index in [0.717, 1.165) is 12.5 Å². The third kappa shape index (κ3) is 6.84. The zero-order chi connectivity index (χ0) is 21.2. The summed E-state index contributed by atoms with van der Waals surface area (Å²) in [5, 5.41) is 15.3. The molecule has 2 aliphatic rings. The van der Waals surface area contributed by atoms with Crippen LogP contribution in [0, 0.1) is 11.3 Å². The molecule has 0 saturated heterocycles. The highest BCUT2D eigenvalue weighted by atomic mass is 35.5. The number of ether oxygens (including phenoxy) is 2. The number of rotatable bonds is 12. The Morgan fingerprint density at radius 2 is 1.97 bits per heavy atom. The first-order chi connectivity index (χ1) is 14.6. The molecule has 2 aliphatic carbocycles. The molecule has 3 rings (SSSR count). The molecule has 0 radical (unpaired) electrons.